The van der Waals surface area contributed by atoms with Crippen molar-refractivity contribution in [1.82, 2.24) is 9.97 Å². The molecule has 4 rings (SSSR count). The van der Waals surface area contributed by atoms with E-state index in [1.165, 1.54) is 29.4 Å². The first kappa shape index (κ1) is 19.7. The van der Waals surface area contributed by atoms with Crippen LogP contribution in [0.1, 0.15) is 11.8 Å². The summed E-state index contributed by atoms with van der Waals surface area (Å²) in [7, 11) is -3.61. The molecule has 9 heteroatoms. The maximum absolute atomic E-state index is 12.5. The van der Waals surface area contributed by atoms with E-state index in [1.807, 2.05) is 31.2 Å². The average molecular weight is 430 g/mol. The van der Waals surface area contributed by atoms with E-state index in [9.17, 15) is 8.42 Å². The Labute approximate surface area is 175 Å². The van der Waals surface area contributed by atoms with E-state index in [1.54, 1.807) is 6.07 Å². The van der Waals surface area contributed by atoms with Gasteiger partial charge in [-0.3, -0.25) is 4.72 Å². The molecule has 152 valence electrons. The molecule has 0 amide bonds. The third-order valence-corrected chi connectivity index (χ3v) is 7.93. The van der Waals surface area contributed by atoms with Crippen LogP contribution in [0.2, 0.25) is 0 Å². The molecule has 3 aromatic rings. The molecule has 0 aliphatic carbocycles. The summed E-state index contributed by atoms with van der Waals surface area (Å²) in [6, 6.07) is 13.8. The minimum Gasteiger partial charge on any atom is -0.368 e. The van der Waals surface area contributed by atoms with Crippen molar-refractivity contribution in [1.29, 1.82) is 0 Å². The van der Waals surface area contributed by atoms with E-state index >= 15 is 0 Å². The molecule has 0 radical (unpaired) electrons. The van der Waals surface area contributed by atoms with E-state index in [2.05, 4.69) is 36.6 Å². The number of nitrogens with one attached hydrogen (secondary N) is 1. The van der Waals surface area contributed by atoms with Gasteiger partial charge in [0.05, 0.1) is 18.1 Å². The third kappa shape index (κ3) is 4.51. The fourth-order valence-electron chi connectivity index (χ4n) is 3.24. The predicted octanol–water partition coefficient (Wildman–Crippen LogP) is 3.23. The monoisotopic (exact) mass is 429 g/mol. The third-order valence-electron chi connectivity index (χ3n) is 4.82. The second-order valence-corrected chi connectivity index (χ2v) is 9.84. The highest BCUT2D eigenvalue weighted by Crippen LogP contribution is 2.24. The van der Waals surface area contributed by atoms with Crippen LogP contribution in [0.15, 0.2) is 59.1 Å². The van der Waals surface area contributed by atoms with Crippen LogP contribution < -0.4 is 14.5 Å². The number of para-hydroxylation sites is 1. The fourth-order valence-corrected chi connectivity index (χ4v) is 5.56. The van der Waals surface area contributed by atoms with Crippen LogP contribution in [-0.2, 0) is 16.4 Å². The van der Waals surface area contributed by atoms with Crippen LogP contribution in [0.5, 0.6) is 0 Å². The Balaban J connectivity index is 1.38. The SMILES string of the molecule is CCc1ccc(S(=O)(=O)Nc2cnc(N3CCN(c4ccccc4)CC3)nc2)s1. The molecule has 7 nitrogen and oxygen atoms in total. The van der Waals surface area contributed by atoms with Crippen LogP contribution in [0.4, 0.5) is 17.3 Å². The Morgan fingerprint density at radius 3 is 2.24 bits per heavy atom. The normalized spacial score (nSPS) is 14.8. The predicted molar refractivity (Wildman–Crippen MR) is 117 cm³/mol. The number of hydrogen-bond donors (Lipinski definition) is 1. The van der Waals surface area contributed by atoms with E-state index in [4.69, 9.17) is 0 Å². The van der Waals surface area contributed by atoms with Gasteiger partial charge in [0.15, 0.2) is 0 Å². The lowest BCUT2D eigenvalue weighted by Crippen LogP contribution is -2.47. The zero-order chi connectivity index (χ0) is 20.3. The molecule has 29 heavy (non-hydrogen) atoms. The largest absolute Gasteiger partial charge is 0.368 e. The molecule has 2 aromatic heterocycles. The van der Waals surface area contributed by atoms with Gasteiger partial charge < -0.3 is 9.80 Å². The Morgan fingerprint density at radius 1 is 0.966 bits per heavy atom. The van der Waals surface area contributed by atoms with Crippen molar-refractivity contribution in [3.8, 4) is 0 Å². The van der Waals surface area contributed by atoms with Crippen molar-refractivity contribution in [3.05, 3.63) is 59.7 Å². The molecule has 0 saturated carbocycles. The summed E-state index contributed by atoms with van der Waals surface area (Å²) in [5.74, 6) is 0.616. The number of aromatic nitrogens is 2. The van der Waals surface area contributed by atoms with Gasteiger partial charge in [0.25, 0.3) is 10.0 Å². The zero-order valence-electron chi connectivity index (χ0n) is 16.2. The van der Waals surface area contributed by atoms with Crippen LogP contribution in [0.3, 0.4) is 0 Å². The summed E-state index contributed by atoms with van der Waals surface area (Å²) in [6.45, 7) is 5.41. The van der Waals surface area contributed by atoms with Gasteiger partial charge in [-0.15, -0.1) is 11.3 Å². The lowest BCUT2D eigenvalue weighted by molar-refractivity contribution is 0.603. The van der Waals surface area contributed by atoms with Crippen molar-refractivity contribution in [2.75, 3.05) is 40.7 Å². The van der Waals surface area contributed by atoms with Gasteiger partial charge in [-0.1, -0.05) is 25.1 Å². The summed E-state index contributed by atoms with van der Waals surface area (Å²) in [5.41, 5.74) is 1.58. The highest BCUT2D eigenvalue weighted by molar-refractivity contribution is 7.94. The van der Waals surface area contributed by atoms with E-state index < -0.39 is 10.0 Å². The lowest BCUT2D eigenvalue weighted by atomic mass is 10.2. The molecule has 1 aliphatic rings. The van der Waals surface area contributed by atoms with Crippen LogP contribution in [0.25, 0.3) is 0 Å². The molecule has 1 aliphatic heterocycles. The molecule has 3 heterocycles. The average Bonchev–Trinajstić information content (AvgIpc) is 3.25. The number of anilines is 3. The van der Waals surface area contributed by atoms with E-state index in [0.29, 0.717) is 15.8 Å². The lowest BCUT2D eigenvalue weighted by Gasteiger charge is -2.36. The first-order chi connectivity index (χ1) is 14.0. The quantitative estimate of drug-likeness (QED) is 0.648. The van der Waals surface area contributed by atoms with Crippen LogP contribution in [-0.4, -0.2) is 44.6 Å². The smallest absolute Gasteiger partial charge is 0.271 e. The maximum atomic E-state index is 12.5. The molecule has 1 N–H and O–H groups in total. The summed E-state index contributed by atoms with van der Waals surface area (Å²) in [6.07, 6.45) is 3.87. The number of hydrogen-bond acceptors (Lipinski definition) is 7. The minimum absolute atomic E-state index is 0.301. The number of thiophene rings is 1. The van der Waals surface area contributed by atoms with Gasteiger partial charge in [0.1, 0.15) is 4.21 Å². The van der Waals surface area contributed by atoms with Gasteiger partial charge in [-0.2, -0.15) is 0 Å². The molecular weight excluding hydrogens is 406 g/mol. The van der Waals surface area contributed by atoms with Gasteiger partial charge in [0, 0.05) is 36.7 Å². The summed E-state index contributed by atoms with van der Waals surface area (Å²) in [4.78, 5) is 14.2. The van der Waals surface area contributed by atoms with Crippen molar-refractivity contribution >= 4 is 38.7 Å². The Morgan fingerprint density at radius 2 is 1.62 bits per heavy atom. The number of nitrogens with zero attached hydrogens (tertiary/aromatic N) is 4. The van der Waals surface area contributed by atoms with Crippen molar-refractivity contribution in [3.63, 3.8) is 0 Å². The fraction of sp³-hybridized carbons (Fsp3) is 0.300. The van der Waals surface area contributed by atoms with E-state index in [-0.39, 0.29) is 0 Å². The standard InChI is InChI=1S/C20H23N5O2S2/c1-2-18-8-9-19(28-18)29(26,27)23-16-14-21-20(22-15-16)25-12-10-24(11-13-25)17-6-4-3-5-7-17/h3-9,14-15,23H,2,10-13H2,1H3. The highest BCUT2D eigenvalue weighted by Gasteiger charge is 2.20. The van der Waals surface area contributed by atoms with E-state index in [0.717, 1.165) is 37.5 Å². The molecular formula is C20H23N5O2S2. The Bertz CT molecular complexity index is 1040. The van der Waals surface area contributed by atoms with Crippen LogP contribution in [0, 0.1) is 0 Å². The highest BCUT2D eigenvalue weighted by atomic mass is 32.2. The molecule has 1 saturated heterocycles. The number of sulfonamides is 1. The molecule has 0 atom stereocenters. The van der Waals surface area contributed by atoms with Gasteiger partial charge >= 0.3 is 0 Å². The van der Waals surface area contributed by atoms with Gasteiger partial charge in [0.2, 0.25) is 5.95 Å². The summed E-state index contributed by atoms with van der Waals surface area (Å²) < 4.78 is 27.9. The number of rotatable bonds is 6. The first-order valence-electron chi connectivity index (χ1n) is 9.53. The topological polar surface area (TPSA) is 78.4 Å². The van der Waals surface area contributed by atoms with Crippen LogP contribution >= 0.6 is 11.3 Å². The second kappa shape index (κ2) is 8.38. The molecule has 1 fully saturated rings. The second-order valence-electron chi connectivity index (χ2n) is 6.76. The Kier molecular flexibility index (Phi) is 5.68. The van der Waals surface area contributed by atoms with Crippen molar-refractivity contribution in [2.24, 2.45) is 0 Å². The number of aryl methyl sites for hydroxylation is 1. The zero-order valence-corrected chi connectivity index (χ0v) is 17.8. The van der Waals surface area contributed by atoms with Crippen molar-refractivity contribution < 1.29 is 8.42 Å². The first-order valence-corrected chi connectivity index (χ1v) is 11.8. The maximum Gasteiger partial charge on any atom is 0.271 e. The van der Waals surface area contributed by atoms with Gasteiger partial charge in [-0.25, -0.2) is 18.4 Å². The molecule has 0 bridgehead atoms. The molecule has 0 spiro atoms. The molecule has 0 unspecified atom stereocenters. The van der Waals surface area contributed by atoms with Crippen molar-refractivity contribution in [2.45, 2.75) is 17.6 Å². The Hall–Kier alpha value is -2.65. The molecule has 1 aromatic carbocycles. The number of piperazine rings is 1. The van der Waals surface area contributed by atoms with Gasteiger partial charge in [-0.05, 0) is 30.7 Å². The summed E-state index contributed by atoms with van der Waals surface area (Å²) >= 11 is 1.28. The minimum atomic E-state index is -3.61. The summed E-state index contributed by atoms with van der Waals surface area (Å²) in [5, 5.41) is 0. The number of benzene rings is 1.